The minimum Gasteiger partial charge on any atom is -0.456 e. The molecule has 48 heavy (non-hydrogen) atoms. The van der Waals surface area contributed by atoms with E-state index in [0.29, 0.717) is 17.5 Å². The Labute approximate surface area is 274 Å². The third-order valence-corrected chi connectivity index (χ3v) is 9.11. The largest absolute Gasteiger partial charge is 0.456 e. The Bertz CT molecular complexity index is 2850. The molecule has 0 saturated heterocycles. The summed E-state index contributed by atoms with van der Waals surface area (Å²) in [6.45, 7) is 0. The third kappa shape index (κ3) is 4.22. The molecule has 0 aliphatic heterocycles. The Kier molecular flexibility index (Phi) is 5.81. The lowest BCUT2D eigenvalue weighted by molar-refractivity contribution is 0.668. The predicted octanol–water partition coefficient (Wildman–Crippen LogP) is 11.5. The van der Waals surface area contributed by atoms with Gasteiger partial charge in [-0.05, 0) is 58.3 Å². The Morgan fingerprint density at radius 3 is 1.88 bits per heavy atom. The first-order chi connectivity index (χ1) is 23.8. The second kappa shape index (κ2) is 10.5. The molecule has 7 aromatic carbocycles. The molecule has 3 heterocycles. The van der Waals surface area contributed by atoms with Crippen molar-refractivity contribution in [2.24, 2.45) is 0 Å². The maximum atomic E-state index is 6.46. The number of aromatic nitrogens is 3. The lowest BCUT2D eigenvalue weighted by Gasteiger charge is -2.11. The number of benzene rings is 7. The van der Waals surface area contributed by atoms with Crippen LogP contribution < -0.4 is 0 Å². The van der Waals surface area contributed by atoms with Gasteiger partial charge in [-0.15, -0.1) is 0 Å². The van der Waals surface area contributed by atoms with Crippen LogP contribution in [0.25, 0.3) is 99.9 Å². The number of para-hydroxylation sites is 3. The SMILES string of the molecule is c1ccc(-c2cc(-c3nc(-c4ccc5ccccc5c4)nc(-c4cccc5c4oc4ccccc45)n3)c3c(c2)oc2ccccc23)cc1. The van der Waals surface area contributed by atoms with E-state index in [1.807, 2.05) is 66.7 Å². The first-order valence-corrected chi connectivity index (χ1v) is 15.9. The van der Waals surface area contributed by atoms with Gasteiger partial charge in [0, 0.05) is 32.7 Å². The number of hydrogen-bond acceptors (Lipinski definition) is 5. The maximum Gasteiger partial charge on any atom is 0.167 e. The van der Waals surface area contributed by atoms with Crippen molar-refractivity contribution in [3.8, 4) is 45.3 Å². The Balaban J connectivity index is 1.29. The molecule has 10 rings (SSSR count). The molecule has 0 fully saturated rings. The van der Waals surface area contributed by atoms with E-state index in [0.717, 1.165) is 82.5 Å². The molecule has 10 aromatic rings. The lowest BCUT2D eigenvalue weighted by atomic mass is 9.98. The van der Waals surface area contributed by atoms with E-state index in [2.05, 4.69) is 84.9 Å². The Hall–Kier alpha value is -6.59. The van der Waals surface area contributed by atoms with Crippen molar-refractivity contribution in [3.05, 3.63) is 152 Å². The van der Waals surface area contributed by atoms with Gasteiger partial charge in [-0.2, -0.15) is 0 Å². The van der Waals surface area contributed by atoms with E-state index < -0.39 is 0 Å². The number of rotatable bonds is 4. The van der Waals surface area contributed by atoms with Gasteiger partial charge in [0.25, 0.3) is 0 Å². The molecule has 0 aliphatic rings. The summed E-state index contributed by atoms with van der Waals surface area (Å²) < 4.78 is 12.9. The summed E-state index contributed by atoms with van der Waals surface area (Å²) in [4.78, 5) is 15.6. The van der Waals surface area contributed by atoms with Crippen LogP contribution in [0.1, 0.15) is 0 Å². The van der Waals surface area contributed by atoms with Crippen LogP contribution >= 0.6 is 0 Å². The molecule has 0 bridgehead atoms. The van der Waals surface area contributed by atoms with Gasteiger partial charge < -0.3 is 8.83 Å². The first-order valence-electron chi connectivity index (χ1n) is 15.9. The number of hydrogen-bond donors (Lipinski definition) is 0. The molecular formula is C43H25N3O2. The summed E-state index contributed by atoms with van der Waals surface area (Å²) in [6.07, 6.45) is 0. The normalized spacial score (nSPS) is 11.8. The fraction of sp³-hybridized carbons (Fsp3) is 0. The van der Waals surface area contributed by atoms with E-state index >= 15 is 0 Å². The van der Waals surface area contributed by atoms with Crippen molar-refractivity contribution in [3.63, 3.8) is 0 Å². The fourth-order valence-electron chi connectivity index (χ4n) is 6.83. The summed E-state index contributed by atoms with van der Waals surface area (Å²) in [5.74, 6) is 1.68. The van der Waals surface area contributed by atoms with Crippen LogP contribution in [-0.2, 0) is 0 Å². The summed E-state index contributed by atoms with van der Waals surface area (Å²) >= 11 is 0. The van der Waals surface area contributed by atoms with Crippen molar-refractivity contribution in [1.82, 2.24) is 15.0 Å². The molecule has 0 N–H and O–H groups in total. The minimum atomic E-state index is 0.541. The molecule has 3 aromatic heterocycles. The molecule has 0 aliphatic carbocycles. The summed E-state index contributed by atoms with van der Waals surface area (Å²) in [7, 11) is 0. The van der Waals surface area contributed by atoms with Gasteiger partial charge in [0.15, 0.2) is 17.5 Å². The zero-order valence-corrected chi connectivity index (χ0v) is 25.6. The standard InChI is InChI=1S/C43H25N3O2/c1-2-11-26(12-3-1)30-24-35(39-33-16-7-9-20-37(33)47-38(39)25-30)43-45-41(29-22-21-27-13-4-5-14-28(27)23-29)44-42(46-43)34-18-10-17-32-31-15-6-8-19-36(31)48-40(32)34/h1-25H. The predicted molar refractivity (Wildman–Crippen MR) is 194 cm³/mol. The maximum absolute atomic E-state index is 6.46. The highest BCUT2D eigenvalue weighted by Crippen LogP contribution is 2.41. The highest BCUT2D eigenvalue weighted by Gasteiger charge is 2.21. The first kappa shape index (κ1) is 26.6. The van der Waals surface area contributed by atoms with Crippen molar-refractivity contribution in [2.45, 2.75) is 0 Å². The van der Waals surface area contributed by atoms with Crippen molar-refractivity contribution < 1.29 is 8.83 Å². The molecule has 224 valence electrons. The van der Waals surface area contributed by atoms with Crippen molar-refractivity contribution >= 4 is 54.6 Å². The smallest absolute Gasteiger partial charge is 0.167 e. The van der Waals surface area contributed by atoms with Crippen LogP contribution in [0.2, 0.25) is 0 Å². The number of fused-ring (bicyclic) bond motifs is 7. The van der Waals surface area contributed by atoms with Crippen LogP contribution in [-0.4, -0.2) is 15.0 Å². The van der Waals surface area contributed by atoms with Gasteiger partial charge in [0.2, 0.25) is 0 Å². The van der Waals surface area contributed by atoms with Crippen LogP contribution in [0, 0.1) is 0 Å². The molecule has 0 spiro atoms. The zero-order chi connectivity index (χ0) is 31.6. The van der Waals surface area contributed by atoms with Crippen molar-refractivity contribution in [2.75, 3.05) is 0 Å². The van der Waals surface area contributed by atoms with E-state index in [-0.39, 0.29) is 0 Å². The number of furan rings is 2. The van der Waals surface area contributed by atoms with Crippen molar-refractivity contribution in [1.29, 1.82) is 0 Å². The summed E-state index contributed by atoms with van der Waals surface area (Å²) in [6, 6.07) is 51.6. The molecule has 5 heteroatoms. The molecule has 0 unspecified atom stereocenters. The monoisotopic (exact) mass is 615 g/mol. The van der Waals surface area contributed by atoms with Gasteiger partial charge in [-0.3, -0.25) is 0 Å². The quantitative estimate of drug-likeness (QED) is 0.197. The highest BCUT2D eigenvalue weighted by atomic mass is 16.3. The molecule has 5 nitrogen and oxygen atoms in total. The van der Waals surface area contributed by atoms with Gasteiger partial charge in [-0.25, -0.2) is 15.0 Å². The Morgan fingerprint density at radius 2 is 1.02 bits per heavy atom. The fourth-order valence-corrected chi connectivity index (χ4v) is 6.83. The summed E-state index contributed by atoms with van der Waals surface area (Å²) in [5, 5.41) is 6.33. The average molecular weight is 616 g/mol. The van der Waals surface area contributed by atoms with Crippen LogP contribution in [0.4, 0.5) is 0 Å². The van der Waals surface area contributed by atoms with E-state index in [1.54, 1.807) is 0 Å². The van der Waals surface area contributed by atoms with Gasteiger partial charge in [0.1, 0.15) is 22.3 Å². The van der Waals surface area contributed by atoms with E-state index in [1.165, 1.54) is 0 Å². The second-order valence-electron chi connectivity index (χ2n) is 12.0. The highest BCUT2D eigenvalue weighted by molar-refractivity contribution is 6.13. The molecule has 0 saturated carbocycles. The zero-order valence-electron chi connectivity index (χ0n) is 25.6. The molecule has 0 amide bonds. The lowest BCUT2D eigenvalue weighted by Crippen LogP contribution is -2.01. The second-order valence-corrected chi connectivity index (χ2v) is 12.0. The van der Waals surface area contributed by atoms with E-state index in [4.69, 9.17) is 23.8 Å². The number of nitrogens with zero attached hydrogens (tertiary/aromatic N) is 3. The summed E-state index contributed by atoms with van der Waals surface area (Å²) in [5.41, 5.74) is 7.85. The van der Waals surface area contributed by atoms with E-state index in [9.17, 15) is 0 Å². The third-order valence-electron chi connectivity index (χ3n) is 9.11. The van der Waals surface area contributed by atoms with Gasteiger partial charge >= 0.3 is 0 Å². The molecular weight excluding hydrogens is 590 g/mol. The minimum absolute atomic E-state index is 0.541. The van der Waals surface area contributed by atoms with Crippen LogP contribution in [0.15, 0.2) is 160 Å². The average Bonchev–Trinajstić information content (AvgIpc) is 3.73. The van der Waals surface area contributed by atoms with Gasteiger partial charge in [0.05, 0.1) is 5.56 Å². The van der Waals surface area contributed by atoms with Gasteiger partial charge in [-0.1, -0.05) is 115 Å². The van der Waals surface area contributed by atoms with Crippen LogP contribution in [0.5, 0.6) is 0 Å². The molecule has 0 radical (unpaired) electrons. The topological polar surface area (TPSA) is 65.0 Å². The Morgan fingerprint density at radius 1 is 0.354 bits per heavy atom. The van der Waals surface area contributed by atoms with Crippen LogP contribution in [0.3, 0.4) is 0 Å². The molecule has 0 atom stereocenters.